The summed E-state index contributed by atoms with van der Waals surface area (Å²) in [6.07, 6.45) is 0. The van der Waals surface area contributed by atoms with Crippen LogP contribution in [0.4, 0.5) is 5.69 Å². The fourth-order valence-electron chi connectivity index (χ4n) is 1.55. The third kappa shape index (κ3) is 2.68. The molecule has 0 spiro atoms. The van der Waals surface area contributed by atoms with E-state index in [0.717, 1.165) is 5.69 Å². The summed E-state index contributed by atoms with van der Waals surface area (Å²) < 4.78 is 5.46. The molecule has 0 unspecified atom stereocenters. The standard InChI is InChI=1S/C13H14N2O2S/c1-3-17-11-7-5-4-6-10(11)15-13(16)12-9(2)14-8-18-12/h4-8H,3H2,1-2H3,(H,15,16). The van der Waals surface area contributed by atoms with Crippen LogP contribution in [0.3, 0.4) is 0 Å². The molecule has 94 valence electrons. The van der Waals surface area contributed by atoms with Crippen molar-refractivity contribution in [1.82, 2.24) is 4.98 Å². The third-order valence-corrected chi connectivity index (χ3v) is 3.31. The van der Waals surface area contributed by atoms with Gasteiger partial charge in [0.25, 0.3) is 5.91 Å². The van der Waals surface area contributed by atoms with Crippen LogP contribution >= 0.6 is 11.3 Å². The summed E-state index contributed by atoms with van der Waals surface area (Å²) in [6, 6.07) is 7.38. The topological polar surface area (TPSA) is 51.2 Å². The number of rotatable bonds is 4. The molecule has 0 saturated carbocycles. The van der Waals surface area contributed by atoms with Crippen molar-refractivity contribution in [3.05, 3.63) is 40.3 Å². The average molecular weight is 262 g/mol. The lowest BCUT2D eigenvalue weighted by Gasteiger charge is -2.10. The first-order valence-electron chi connectivity index (χ1n) is 5.65. The lowest BCUT2D eigenvalue weighted by atomic mass is 10.2. The van der Waals surface area contributed by atoms with Crippen molar-refractivity contribution in [2.45, 2.75) is 13.8 Å². The van der Waals surface area contributed by atoms with Crippen molar-refractivity contribution in [1.29, 1.82) is 0 Å². The van der Waals surface area contributed by atoms with Crippen LogP contribution < -0.4 is 10.1 Å². The van der Waals surface area contributed by atoms with Gasteiger partial charge >= 0.3 is 0 Å². The first kappa shape index (κ1) is 12.6. The van der Waals surface area contributed by atoms with Gasteiger partial charge in [0.1, 0.15) is 10.6 Å². The van der Waals surface area contributed by atoms with Gasteiger partial charge in [-0.3, -0.25) is 4.79 Å². The first-order chi connectivity index (χ1) is 8.72. The van der Waals surface area contributed by atoms with Crippen LogP contribution in [0.25, 0.3) is 0 Å². The summed E-state index contributed by atoms with van der Waals surface area (Å²) in [5, 5.41) is 2.85. The van der Waals surface area contributed by atoms with Gasteiger partial charge in [-0.25, -0.2) is 4.98 Å². The first-order valence-corrected chi connectivity index (χ1v) is 6.53. The number of nitrogens with one attached hydrogen (secondary N) is 1. The Kier molecular flexibility index (Phi) is 3.94. The second kappa shape index (κ2) is 5.64. The van der Waals surface area contributed by atoms with Crippen molar-refractivity contribution in [3.63, 3.8) is 0 Å². The number of hydrogen-bond donors (Lipinski definition) is 1. The van der Waals surface area contributed by atoms with Crippen molar-refractivity contribution in [2.75, 3.05) is 11.9 Å². The van der Waals surface area contributed by atoms with E-state index in [1.165, 1.54) is 11.3 Å². The SMILES string of the molecule is CCOc1ccccc1NC(=O)c1scnc1C. The maximum Gasteiger partial charge on any atom is 0.267 e. The molecular weight excluding hydrogens is 248 g/mol. The molecule has 5 heteroatoms. The highest BCUT2D eigenvalue weighted by Crippen LogP contribution is 2.25. The van der Waals surface area contributed by atoms with E-state index in [1.54, 1.807) is 5.51 Å². The number of para-hydroxylation sites is 2. The Morgan fingerprint density at radius 1 is 1.44 bits per heavy atom. The molecule has 4 nitrogen and oxygen atoms in total. The van der Waals surface area contributed by atoms with Crippen molar-refractivity contribution in [3.8, 4) is 5.75 Å². The molecule has 2 rings (SSSR count). The fraction of sp³-hybridized carbons (Fsp3) is 0.231. The van der Waals surface area contributed by atoms with Crippen LogP contribution in [0.5, 0.6) is 5.75 Å². The van der Waals surface area contributed by atoms with E-state index in [2.05, 4.69) is 10.3 Å². The quantitative estimate of drug-likeness (QED) is 0.921. The van der Waals surface area contributed by atoms with E-state index in [-0.39, 0.29) is 5.91 Å². The van der Waals surface area contributed by atoms with Gasteiger partial charge in [0.2, 0.25) is 0 Å². The van der Waals surface area contributed by atoms with E-state index in [0.29, 0.717) is 22.9 Å². The van der Waals surface area contributed by atoms with Gasteiger partial charge in [0.05, 0.1) is 23.5 Å². The predicted octanol–water partition coefficient (Wildman–Crippen LogP) is 3.10. The highest BCUT2D eigenvalue weighted by atomic mass is 32.1. The smallest absolute Gasteiger partial charge is 0.267 e. The number of aryl methyl sites for hydroxylation is 1. The molecule has 1 aromatic carbocycles. The monoisotopic (exact) mass is 262 g/mol. The third-order valence-electron chi connectivity index (χ3n) is 2.39. The predicted molar refractivity (Wildman–Crippen MR) is 72.4 cm³/mol. The largest absolute Gasteiger partial charge is 0.492 e. The molecule has 1 aromatic heterocycles. The lowest BCUT2D eigenvalue weighted by molar-refractivity contribution is 0.102. The Morgan fingerprint density at radius 2 is 2.22 bits per heavy atom. The van der Waals surface area contributed by atoms with Crippen LogP contribution in [0, 0.1) is 6.92 Å². The van der Waals surface area contributed by atoms with Gasteiger partial charge in [-0.2, -0.15) is 0 Å². The molecule has 0 bridgehead atoms. The molecule has 0 aliphatic carbocycles. The summed E-state index contributed by atoms with van der Waals surface area (Å²) in [5.41, 5.74) is 3.09. The molecule has 0 radical (unpaired) electrons. The van der Waals surface area contributed by atoms with Gasteiger partial charge in [-0.05, 0) is 26.0 Å². The van der Waals surface area contributed by atoms with E-state index in [1.807, 2.05) is 38.1 Å². The van der Waals surface area contributed by atoms with Crippen LogP contribution in [0.15, 0.2) is 29.8 Å². The number of hydrogen-bond acceptors (Lipinski definition) is 4. The Hall–Kier alpha value is -1.88. The zero-order valence-electron chi connectivity index (χ0n) is 10.3. The number of carbonyl (C=O) groups is 1. The molecule has 0 aliphatic heterocycles. The van der Waals surface area contributed by atoms with Gasteiger partial charge < -0.3 is 10.1 Å². The second-order valence-electron chi connectivity index (χ2n) is 3.65. The normalized spacial score (nSPS) is 10.1. The summed E-state index contributed by atoms with van der Waals surface area (Å²) in [7, 11) is 0. The minimum absolute atomic E-state index is 0.151. The molecule has 0 atom stereocenters. The number of carbonyl (C=O) groups excluding carboxylic acids is 1. The van der Waals surface area contributed by atoms with Crippen molar-refractivity contribution in [2.24, 2.45) is 0 Å². The molecule has 0 saturated heterocycles. The molecule has 0 fully saturated rings. The van der Waals surface area contributed by atoms with Gasteiger partial charge in [-0.15, -0.1) is 11.3 Å². The minimum atomic E-state index is -0.151. The number of benzene rings is 1. The Labute approximate surface area is 110 Å². The van der Waals surface area contributed by atoms with Crippen molar-refractivity contribution >= 4 is 22.9 Å². The zero-order chi connectivity index (χ0) is 13.0. The molecule has 0 aliphatic rings. The van der Waals surface area contributed by atoms with Crippen LogP contribution in [0.1, 0.15) is 22.3 Å². The second-order valence-corrected chi connectivity index (χ2v) is 4.50. The van der Waals surface area contributed by atoms with Crippen LogP contribution in [-0.4, -0.2) is 17.5 Å². The van der Waals surface area contributed by atoms with Gasteiger partial charge in [0.15, 0.2) is 0 Å². The fourth-order valence-corrected chi connectivity index (χ4v) is 2.25. The Morgan fingerprint density at radius 3 is 2.89 bits per heavy atom. The molecular formula is C13H14N2O2S. The Bertz CT molecular complexity index is 551. The molecule has 1 amide bonds. The summed E-state index contributed by atoms with van der Waals surface area (Å²) in [5.74, 6) is 0.526. The zero-order valence-corrected chi connectivity index (χ0v) is 11.1. The number of amides is 1. The summed E-state index contributed by atoms with van der Waals surface area (Å²) >= 11 is 1.33. The maximum absolute atomic E-state index is 12.1. The molecule has 18 heavy (non-hydrogen) atoms. The number of thiazole rings is 1. The number of nitrogens with zero attached hydrogens (tertiary/aromatic N) is 1. The lowest BCUT2D eigenvalue weighted by Crippen LogP contribution is -2.12. The average Bonchev–Trinajstić information content (AvgIpc) is 2.78. The maximum atomic E-state index is 12.1. The van der Waals surface area contributed by atoms with Crippen LogP contribution in [-0.2, 0) is 0 Å². The summed E-state index contributed by atoms with van der Waals surface area (Å²) in [4.78, 5) is 16.7. The molecule has 2 aromatic rings. The highest BCUT2D eigenvalue weighted by Gasteiger charge is 2.13. The van der Waals surface area contributed by atoms with E-state index < -0.39 is 0 Å². The molecule has 1 heterocycles. The highest BCUT2D eigenvalue weighted by molar-refractivity contribution is 7.12. The van der Waals surface area contributed by atoms with E-state index in [9.17, 15) is 4.79 Å². The minimum Gasteiger partial charge on any atom is -0.492 e. The van der Waals surface area contributed by atoms with Gasteiger partial charge in [-0.1, -0.05) is 12.1 Å². The number of anilines is 1. The summed E-state index contributed by atoms with van der Waals surface area (Å²) in [6.45, 7) is 4.29. The van der Waals surface area contributed by atoms with E-state index in [4.69, 9.17) is 4.74 Å². The Balaban J connectivity index is 2.19. The van der Waals surface area contributed by atoms with Crippen molar-refractivity contribution < 1.29 is 9.53 Å². The van der Waals surface area contributed by atoms with Gasteiger partial charge in [0, 0.05) is 0 Å². The molecule has 1 N–H and O–H groups in total. The number of aromatic nitrogens is 1. The van der Waals surface area contributed by atoms with Crippen LogP contribution in [0.2, 0.25) is 0 Å². The number of ether oxygens (including phenoxy) is 1. The van der Waals surface area contributed by atoms with E-state index >= 15 is 0 Å².